The highest BCUT2D eigenvalue weighted by molar-refractivity contribution is 6.25. The number of carboxylic acid groups (broad SMARTS) is 1. The second-order valence-electron chi connectivity index (χ2n) is 1.11. The molecule has 3 nitrogen and oxygen atoms in total. The molecule has 0 aliphatic carbocycles. The van der Waals surface area contributed by atoms with Gasteiger partial charge in [-0.1, -0.05) is 11.6 Å². The smallest absolute Gasteiger partial charge is 0.371 e. The van der Waals surface area contributed by atoms with Crippen LogP contribution in [0.3, 0.4) is 0 Å². The Kier molecular flexibility index (Phi) is 3.55. The van der Waals surface area contributed by atoms with E-state index in [2.05, 4.69) is 11.3 Å². The van der Waals surface area contributed by atoms with Crippen molar-refractivity contribution < 1.29 is 14.6 Å². The Bertz CT molecular complexity index is 150. The summed E-state index contributed by atoms with van der Waals surface area (Å²) in [7, 11) is 0. The summed E-state index contributed by atoms with van der Waals surface area (Å²) in [5.74, 6) is -1.56. The fourth-order valence-corrected chi connectivity index (χ4v) is 0.210. The second-order valence-corrected chi connectivity index (χ2v) is 1.36. The molecule has 0 saturated heterocycles. The van der Waals surface area contributed by atoms with Gasteiger partial charge in [-0.3, -0.25) is 0 Å². The normalized spacial score (nSPS) is 9.44. The average Bonchev–Trinajstić information content (AvgIpc) is 1.82. The molecule has 0 radical (unpaired) electrons. The maximum atomic E-state index is 9.90. The summed E-state index contributed by atoms with van der Waals surface area (Å²) < 4.78 is 4.35. The van der Waals surface area contributed by atoms with Crippen LogP contribution in [0, 0.1) is 0 Å². The molecule has 0 unspecified atom stereocenters. The molecular formula is C5H5ClO3. The van der Waals surface area contributed by atoms with Crippen LogP contribution in [0.1, 0.15) is 0 Å². The SMILES string of the molecule is C=C(O/C=C/Cl)C(=O)O. The van der Waals surface area contributed by atoms with Crippen LogP contribution in [0.4, 0.5) is 0 Å². The first-order valence-corrected chi connectivity index (χ1v) is 2.46. The van der Waals surface area contributed by atoms with Crippen LogP contribution in [-0.2, 0) is 9.53 Å². The van der Waals surface area contributed by atoms with E-state index in [4.69, 9.17) is 16.7 Å². The molecule has 0 spiro atoms. The predicted molar refractivity (Wildman–Crippen MR) is 32.9 cm³/mol. The van der Waals surface area contributed by atoms with Crippen molar-refractivity contribution in [1.29, 1.82) is 0 Å². The highest BCUT2D eigenvalue weighted by atomic mass is 35.5. The number of rotatable bonds is 3. The summed E-state index contributed by atoms with van der Waals surface area (Å²) >= 11 is 5.01. The Morgan fingerprint density at radius 3 is 2.67 bits per heavy atom. The molecule has 0 aromatic rings. The van der Waals surface area contributed by atoms with E-state index in [1.807, 2.05) is 0 Å². The lowest BCUT2D eigenvalue weighted by molar-refractivity contribution is -0.135. The Morgan fingerprint density at radius 2 is 2.33 bits per heavy atom. The lowest BCUT2D eigenvalue weighted by Gasteiger charge is -1.94. The van der Waals surface area contributed by atoms with Gasteiger partial charge in [-0.25, -0.2) is 4.79 Å². The summed E-state index contributed by atoms with van der Waals surface area (Å²) in [6, 6.07) is 0. The van der Waals surface area contributed by atoms with Gasteiger partial charge >= 0.3 is 5.97 Å². The number of ether oxygens (including phenoxy) is 1. The number of hydrogen-bond acceptors (Lipinski definition) is 2. The molecule has 0 saturated carbocycles. The van der Waals surface area contributed by atoms with Crippen LogP contribution in [0.25, 0.3) is 0 Å². The van der Waals surface area contributed by atoms with E-state index in [9.17, 15) is 4.79 Å². The minimum Gasteiger partial charge on any atom is -0.475 e. The van der Waals surface area contributed by atoms with Gasteiger partial charge in [0.1, 0.15) is 6.26 Å². The summed E-state index contributed by atoms with van der Waals surface area (Å²) in [5.41, 5.74) is 1.05. The van der Waals surface area contributed by atoms with Crippen LogP contribution >= 0.6 is 11.6 Å². The largest absolute Gasteiger partial charge is 0.475 e. The van der Waals surface area contributed by atoms with Crippen LogP contribution in [0.5, 0.6) is 0 Å². The number of aliphatic carboxylic acids is 1. The first-order valence-electron chi connectivity index (χ1n) is 2.02. The summed E-state index contributed by atoms with van der Waals surface area (Å²) in [6.07, 6.45) is 1.03. The van der Waals surface area contributed by atoms with Crippen molar-refractivity contribution in [2.45, 2.75) is 0 Å². The zero-order valence-electron chi connectivity index (χ0n) is 4.50. The number of carboxylic acids is 1. The highest BCUT2D eigenvalue weighted by Gasteiger charge is 2.00. The van der Waals surface area contributed by atoms with Gasteiger partial charge in [0.2, 0.25) is 5.76 Å². The minimum atomic E-state index is -1.20. The van der Waals surface area contributed by atoms with Gasteiger partial charge in [0.05, 0.1) is 0 Å². The Labute approximate surface area is 57.2 Å². The fraction of sp³-hybridized carbons (Fsp3) is 0. The summed E-state index contributed by atoms with van der Waals surface area (Å²) in [6.45, 7) is 3.06. The maximum absolute atomic E-state index is 9.90. The molecule has 0 amide bonds. The lowest BCUT2D eigenvalue weighted by Crippen LogP contribution is -1.98. The maximum Gasteiger partial charge on any atom is 0.371 e. The Balaban J connectivity index is 3.65. The third-order valence-corrected chi connectivity index (χ3v) is 0.603. The topological polar surface area (TPSA) is 46.5 Å². The second kappa shape index (κ2) is 3.97. The molecule has 9 heavy (non-hydrogen) atoms. The van der Waals surface area contributed by atoms with E-state index in [0.29, 0.717) is 0 Å². The van der Waals surface area contributed by atoms with E-state index in [-0.39, 0.29) is 5.76 Å². The Morgan fingerprint density at radius 1 is 1.78 bits per heavy atom. The standard InChI is InChI=1S/C5H5ClO3/c1-4(5(7)8)9-3-2-6/h2-3H,1H2,(H,7,8)/b3-2+. The summed E-state index contributed by atoms with van der Waals surface area (Å²) in [5, 5.41) is 8.11. The first kappa shape index (κ1) is 8.04. The molecule has 50 valence electrons. The van der Waals surface area contributed by atoms with Gasteiger partial charge in [0.15, 0.2) is 0 Å². The van der Waals surface area contributed by atoms with Gasteiger partial charge in [-0.15, -0.1) is 0 Å². The van der Waals surface area contributed by atoms with Gasteiger partial charge < -0.3 is 9.84 Å². The van der Waals surface area contributed by atoms with E-state index >= 15 is 0 Å². The predicted octanol–water partition coefficient (Wildman–Crippen LogP) is 1.31. The molecule has 0 bridgehead atoms. The monoisotopic (exact) mass is 148 g/mol. The number of carbonyl (C=O) groups is 1. The van der Waals surface area contributed by atoms with Crippen molar-refractivity contribution in [3.8, 4) is 0 Å². The number of hydrogen-bond donors (Lipinski definition) is 1. The number of halogens is 1. The van der Waals surface area contributed by atoms with Crippen molar-refractivity contribution in [3.63, 3.8) is 0 Å². The van der Waals surface area contributed by atoms with Crippen LogP contribution in [-0.4, -0.2) is 11.1 Å². The van der Waals surface area contributed by atoms with Gasteiger partial charge in [-0.05, 0) is 6.58 Å². The van der Waals surface area contributed by atoms with E-state index in [1.165, 1.54) is 0 Å². The van der Waals surface area contributed by atoms with Gasteiger partial charge in [-0.2, -0.15) is 0 Å². The zero-order valence-corrected chi connectivity index (χ0v) is 5.26. The Hall–Kier alpha value is -0.960. The third kappa shape index (κ3) is 3.61. The van der Waals surface area contributed by atoms with E-state index in [0.717, 1.165) is 11.8 Å². The molecule has 0 aliphatic heterocycles. The van der Waals surface area contributed by atoms with E-state index < -0.39 is 5.97 Å². The van der Waals surface area contributed by atoms with Crippen molar-refractivity contribution in [2.75, 3.05) is 0 Å². The van der Waals surface area contributed by atoms with Gasteiger partial charge in [0, 0.05) is 5.54 Å². The van der Waals surface area contributed by atoms with Crippen molar-refractivity contribution in [2.24, 2.45) is 0 Å². The highest BCUT2D eigenvalue weighted by Crippen LogP contribution is 1.93. The molecule has 0 aliphatic rings. The molecule has 1 N–H and O–H groups in total. The average molecular weight is 149 g/mol. The first-order chi connectivity index (χ1) is 4.18. The quantitative estimate of drug-likeness (QED) is 0.485. The zero-order chi connectivity index (χ0) is 7.28. The molecule has 4 heteroatoms. The molecule has 0 rings (SSSR count). The van der Waals surface area contributed by atoms with Gasteiger partial charge in [0.25, 0.3) is 0 Å². The van der Waals surface area contributed by atoms with Crippen LogP contribution in [0.15, 0.2) is 24.1 Å². The lowest BCUT2D eigenvalue weighted by atomic mass is 10.6. The molecular weight excluding hydrogens is 144 g/mol. The minimum absolute atomic E-state index is 0.355. The molecule has 0 fully saturated rings. The van der Waals surface area contributed by atoms with Crippen molar-refractivity contribution >= 4 is 17.6 Å². The van der Waals surface area contributed by atoms with E-state index in [1.54, 1.807) is 0 Å². The molecule has 0 atom stereocenters. The van der Waals surface area contributed by atoms with Crippen molar-refractivity contribution in [3.05, 3.63) is 24.1 Å². The van der Waals surface area contributed by atoms with Crippen molar-refractivity contribution in [1.82, 2.24) is 0 Å². The third-order valence-electron chi connectivity index (χ3n) is 0.500. The van der Waals surface area contributed by atoms with Crippen LogP contribution < -0.4 is 0 Å². The summed E-state index contributed by atoms with van der Waals surface area (Å²) in [4.78, 5) is 9.90. The fourth-order valence-electron chi connectivity index (χ4n) is 0.158. The molecule has 0 aromatic carbocycles. The van der Waals surface area contributed by atoms with Crippen LogP contribution in [0.2, 0.25) is 0 Å². The molecule has 0 aromatic heterocycles. The molecule has 0 heterocycles.